The summed E-state index contributed by atoms with van der Waals surface area (Å²) in [4.78, 5) is 26.6. The highest BCUT2D eigenvalue weighted by molar-refractivity contribution is 6.05. The van der Waals surface area contributed by atoms with Crippen molar-refractivity contribution < 1.29 is 29.3 Å². The Bertz CT molecular complexity index is 1860. The summed E-state index contributed by atoms with van der Waals surface area (Å²) < 4.78 is 13.1. The number of rotatable bonds is 10. The zero-order valence-electron chi connectivity index (χ0n) is 33.4. The van der Waals surface area contributed by atoms with Crippen LogP contribution in [0, 0.1) is 0 Å². The highest BCUT2D eigenvalue weighted by Gasteiger charge is 2.27. The lowest BCUT2D eigenvalue weighted by Gasteiger charge is -2.26. The number of hydrogen-bond acceptors (Lipinski definition) is 6. The molecular formula is C48H56O6. The predicted molar refractivity (Wildman–Crippen MR) is 218 cm³/mol. The van der Waals surface area contributed by atoms with Gasteiger partial charge in [0.1, 0.15) is 23.0 Å². The molecule has 6 heteroatoms. The average molecular weight is 729 g/mol. The van der Waals surface area contributed by atoms with E-state index in [9.17, 15) is 19.8 Å². The van der Waals surface area contributed by atoms with E-state index in [1.54, 1.807) is 24.3 Å². The molecule has 0 saturated carbocycles. The van der Waals surface area contributed by atoms with Gasteiger partial charge >= 0.3 is 0 Å². The lowest BCUT2D eigenvalue weighted by molar-refractivity contribution is 0.103. The van der Waals surface area contributed by atoms with E-state index in [1.165, 1.54) is 12.2 Å². The number of hydrogen-bond donors (Lipinski definition) is 2. The van der Waals surface area contributed by atoms with Crippen molar-refractivity contribution in [1.82, 2.24) is 0 Å². The SMILES string of the molecule is C=CC(=O)c1cc2c(O)c(c1)Cc1cc(C(C)(C)C)cc(c1OCCC)Cc1cc(C(=O)C=C)cc(c1O)Cc1cc(C(C)(C)C)cc(c1OCCC)C2. The number of benzene rings is 4. The Morgan fingerprint density at radius 2 is 0.833 bits per heavy atom. The Hall–Kier alpha value is -5.10. The number of allylic oxidation sites excluding steroid dienone is 2. The van der Waals surface area contributed by atoms with Gasteiger partial charge in [-0.15, -0.1) is 0 Å². The zero-order valence-corrected chi connectivity index (χ0v) is 33.4. The van der Waals surface area contributed by atoms with Gasteiger partial charge in [-0.1, -0.05) is 92.8 Å². The lowest BCUT2D eigenvalue weighted by Crippen LogP contribution is -2.15. The van der Waals surface area contributed by atoms with Gasteiger partial charge in [-0.2, -0.15) is 0 Å². The van der Waals surface area contributed by atoms with Gasteiger partial charge in [0.2, 0.25) is 0 Å². The van der Waals surface area contributed by atoms with Crippen molar-refractivity contribution in [3.8, 4) is 23.0 Å². The zero-order chi connectivity index (χ0) is 39.5. The van der Waals surface area contributed by atoms with Gasteiger partial charge in [0.25, 0.3) is 0 Å². The molecule has 0 atom stereocenters. The molecule has 1 aliphatic rings. The number of carbonyl (C=O) groups is 2. The standard InChI is InChI=1S/C48H56O6/c1-11-15-53-45-35-21-31-17-29(41(49)13-3)19-33(43(31)51)23-37-27-40(48(8,9)10)28-38(46(37)54-16-12-2)24-34-20-30(42(50)14-4)18-32(44(34)52)22-36(45)26-39(25-35)47(5,6)7/h13-14,17-20,25-28,51-52H,3-4,11-12,15-16,21-24H2,1-2,5-10H3. The van der Waals surface area contributed by atoms with E-state index < -0.39 is 0 Å². The fourth-order valence-electron chi connectivity index (χ4n) is 7.08. The minimum atomic E-state index is -0.252. The summed E-state index contributed by atoms with van der Waals surface area (Å²) >= 11 is 0. The van der Waals surface area contributed by atoms with E-state index in [4.69, 9.17) is 9.47 Å². The van der Waals surface area contributed by atoms with Crippen LogP contribution in [0.25, 0.3) is 0 Å². The molecule has 0 amide bonds. The third kappa shape index (κ3) is 8.65. The average Bonchev–Trinajstić information content (AvgIpc) is 3.11. The summed E-state index contributed by atoms with van der Waals surface area (Å²) in [6, 6.07) is 15.5. The summed E-state index contributed by atoms with van der Waals surface area (Å²) in [7, 11) is 0. The summed E-state index contributed by atoms with van der Waals surface area (Å²) in [5.41, 5.74) is 8.26. The molecule has 0 aliphatic heterocycles. The second-order valence-corrected chi connectivity index (χ2v) is 16.6. The van der Waals surface area contributed by atoms with Crippen molar-refractivity contribution >= 4 is 11.6 Å². The molecule has 0 radical (unpaired) electrons. The molecular weight excluding hydrogens is 673 g/mol. The van der Waals surface area contributed by atoms with Crippen LogP contribution >= 0.6 is 0 Å². The smallest absolute Gasteiger partial charge is 0.185 e. The van der Waals surface area contributed by atoms with Gasteiger partial charge in [-0.25, -0.2) is 0 Å². The molecule has 0 spiro atoms. The van der Waals surface area contributed by atoms with Crippen LogP contribution in [-0.4, -0.2) is 35.0 Å². The molecule has 1 aliphatic carbocycles. The molecule has 4 aromatic carbocycles. The monoisotopic (exact) mass is 728 g/mol. The van der Waals surface area contributed by atoms with Gasteiger partial charge in [0.05, 0.1) is 13.2 Å². The Labute approximate surface area is 321 Å². The molecule has 2 N–H and O–H groups in total. The number of fused-ring (bicyclic) bond motifs is 8. The van der Waals surface area contributed by atoms with Gasteiger partial charge < -0.3 is 19.7 Å². The fourth-order valence-corrected chi connectivity index (χ4v) is 7.08. The minimum absolute atomic E-state index is 0.117. The molecule has 54 heavy (non-hydrogen) atoms. The number of ketones is 2. The van der Waals surface area contributed by atoms with Crippen LogP contribution in [0.3, 0.4) is 0 Å². The summed E-state index contributed by atoms with van der Waals surface area (Å²) in [5, 5.41) is 24.3. The first-order chi connectivity index (χ1) is 25.5. The quantitative estimate of drug-likeness (QED) is 0.110. The molecule has 0 unspecified atom stereocenters. The molecule has 0 aromatic heterocycles. The van der Waals surface area contributed by atoms with Crippen LogP contribution in [0.5, 0.6) is 23.0 Å². The number of aromatic hydroxyl groups is 2. The van der Waals surface area contributed by atoms with E-state index in [0.717, 1.165) is 46.2 Å². The molecule has 5 rings (SSSR count). The van der Waals surface area contributed by atoms with Crippen LogP contribution < -0.4 is 9.47 Å². The topological polar surface area (TPSA) is 93.1 Å². The lowest BCUT2D eigenvalue weighted by atomic mass is 9.81. The van der Waals surface area contributed by atoms with Gasteiger partial charge in [0, 0.05) is 36.8 Å². The first-order valence-corrected chi connectivity index (χ1v) is 19.1. The van der Waals surface area contributed by atoms with E-state index >= 15 is 0 Å². The molecule has 0 heterocycles. The first-order valence-electron chi connectivity index (χ1n) is 19.1. The molecule has 6 nitrogen and oxygen atoms in total. The Balaban J connectivity index is 1.94. The van der Waals surface area contributed by atoms with Crippen LogP contribution in [0.1, 0.15) is 145 Å². The van der Waals surface area contributed by atoms with Crippen molar-refractivity contribution in [2.45, 2.75) is 105 Å². The minimum Gasteiger partial charge on any atom is -0.507 e. The molecule has 4 aromatic rings. The third-order valence-corrected chi connectivity index (χ3v) is 10.1. The Morgan fingerprint density at radius 1 is 0.556 bits per heavy atom. The third-order valence-electron chi connectivity index (χ3n) is 10.1. The Kier molecular flexibility index (Phi) is 12.0. The van der Waals surface area contributed by atoms with Crippen LogP contribution in [0.2, 0.25) is 0 Å². The highest BCUT2D eigenvalue weighted by atomic mass is 16.5. The largest absolute Gasteiger partial charge is 0.507 e. The first kappa shape index (κ1) is 40.1. The van der Waals surface area contributed by atoms with Crippen LogP contribution in [0.15, 0.2) is 73.8 Å². The number of phenols is 2. The number of carbonyl (C=O) groups excluding carboxylic acids is 2. The molecule has 8 bridgehead atoms. The van der Waals surface area contributed by atoms with Crippen molar-refractivity contribution in [3.05, 3.63) is 141 Å². The summed E-state index contributed by atoms with van der Waals surface area (Å²) in [6.07, 6.45) is 5.29. The van der Waals surface area contributed by atoms with Gasteiger partial charge in [-0.3, -0.25) is 9.59 Å². The fraction of sp³-hybridized carbons (Fsp3) is 0.375. The maximum absolute atomic E-state index is 13.3. The summed E-state index contributed by atoms with van der Waals surface area (Å²) in [5.74, 6) is 1.09. The van der Waals surface area contributed by atoms with Gasteiger partial charge in [0.15, 0.2) is 11.6 Å². The molecule has 0 saturated heterocycles. The highest BCUT2D eigenvalue weighted by Crippen LogP contribution is 2.42. The molecule has 0 fully saturated rings. The maximum atomic E-state index is 13.3. The van der Waals surface area contributed by atoms with E-state index in [1.807, 2.05) is 13.8 Å². The van der Waals surface area contributed by atoms with E-state index in [2.05, 4.69) is 79.0 Å². The van der Waals surface area contributed by atoms with Crippen LogP contribution in [0.4, 0.5) is 0 Å². The predicted octanol–water partition coefficient (Wildman–Crippen LogP) is 10.7. The van der Waals surface area contributed by atoms with Crippen molar-refractivity contribution in [3.63, 3.8) is 0 Å². The van der Waals surface area contributed by atoms with Crippen LogP contribution in [-0.2, 0) is 36.5 Å². The van der Waals surface area contributed by atoms with Crippen molar-refractivity contribution in [1.29, 1.82) is 0 Å². The van der Waals surface area contributed by atoms with Crippen molar-refractivity contribution in [2.24, 2.45) is 0 Å². The normalized spacial score (nSPS) is 12.9. The van der Waals surface area contributed by atoms with E-state index in [-0.39, 0.29) is 59.6 Å². The van der Waals surface area contributed by atoms with Gasteiger partial charge in [-0.05, 0) is 116 Å². The number of ether oxygens (including phenoxy) is 2. The Morgan fingerprint density at radius 3 is 1.06 bits per heavy atom. The second-order valence-electron chi connectivity index (χ2n) is 16.6. The maximum Gasteiger partial charge on any atom is 0.185 e. The summed E-state index contributed by atoms with van der Waals surface area (Å²) in [6.45, 7) is 25.4. The van der Waals surface area contributed by atoms with Crippen molar-refractivity contribution in [2.75, 3.05) is 13.2 Å². The number of phenolic OH excluding ortho intramolecular Hbond substituents is 2. The second kappa shape index (κ2) is 16.1. The molecule has 284 valence electrons. The van der Waals surface area contributed by atoms with E-state index in [0.29, 0.717) is 58.1 Å².